The van der Waals surface area contributed by atoms with Gasteiger partial charge in [-0.2, -0.15) is 5.10 Å². The molecule has 1 saturated carbocycles. The molecule has 140 valence electrons. The molecular weight excluding hydrogens is 340 g/mol. The average molecular weight is 364 g/mol. The molecule has 2 aromatic carbocycles. The van der Waals surface area contributed by atoms with Crippen LogP contribution < -0.4 is 15.2 Å². The molecule has 0 radical (unpaired) electrons. The topological polar surface area (TPSA) is 75.2 Å². The first kappa shape index (κ1) is 17.5. The lowest BCUT2D eigenvalue weighted by Gasteiger charge is -2.10. The summed E-state index contributed by atoms with van der Waals surface area (Å²) in [5.74, 6) is 2.99. The van der Waals surface area contributed by atoms with Crippen LogP contribution in [0.2, 0.25) is 0 Å². The molecule has 0 unspecified atom stereocenters. The largest absolute Gasteiger partial charge is 0.493 e. The SMILES string of the molecule is COc1ccc(Cc2nc(C3(N)CC3)n(-c3cccc(C)c3)n2)cc1OC. The summed E-state index contributed by atoms with van der Waals surface area (Å²) < 4.78 is 12.6. The molecule has 4 rings (SSSR count). The molecule has 0 amide bonds. The van der Waals surface area contributed by atoms with Gasteiger partial charge in [0.1, 0.15) is 0 Å². The molecule has 0 saturated heterocycles. The normalized spacial score (nSPS) is 14.8. The van der Waals surface area contributed by atoms with Crippen molar-refractivity contribution < 1.29 is 9.47 Å². The van der Waals surface area contributed by atoms with Crippen LogP contribution in [0.4, 0.5) is 0 Å². The highest BCUT2D eigenvalue weighted by Gasteiger charge is 2.45. The summed E-state index contributed by atoms with van der Waals surface area (Å²) in [5, 5.41) is 4.77. The lowest BCUT2D eigenvalue weighted by molar-refractivity contribution is 0.354. The third kappa shape index (κ3) is 3.40. The Morgan fingerprint density at radius 3 is 2.52 bits per heavy atom. The third-order valence-corrected chi connectivity index (χ3v) is 4.94. The standard InChI is InChI=1S/C21H24N4O2/c1-14-5-4-6-16(11-14)25-20(21(22)9-10-21)23-19(24-25)13-15-7-8-17(26-2)18(12-15)27-3/h4-8,11-12H,9-10,13,22H2,1-3H3. The maximum absolute atomic E-state index is 6.47. The Bertz CT molecular complexity index is 976. The van der Waals surface area contributed by atoms with Gasteiger partial charge in [-0.05, 0) is 55.2 Å². The first-order valence-electron chi connectivity index (χ1n) is 9.06. The quantitative estimate of drug-likeness (QED) is 0.727. The van der Waals surface area contributed by atoms with Gasteiger partial charge in [0.2, 0.25) is 0 Å². The van der Waals surface area contributed by atoms with Crippen molar-refractivity contribution in [2.45, 2.75) is 31.7 Å². The van der Waals surface area contributed by atoms with Gasteiger partial charge in [0, 0.05) is 6.42 Å². The van der Waals surface area contributed by atoms with Crippen molar-refractivity contribution >= 4 is 0 Å². The molecular formula is C21H24N4O2. The summed E-state index contributed by atoms with van der Waals surface area (Å²) in [7, 11) is 3.26. The van der Waals surface area contributed by atoms with Crippen LogP contribution in [0.25, 0.3) is 5.69 Å². The van der Waals surface area contributed by atoms with Crippen LogP contribution in [0.15, 0.2) is 42.5 Å². The summed E-state index contributed by atoms with van der Waals surface area (Å²) in [6, 6.07) is 14.1. The molecule has 0 bridgehead atoms. The van der Waals surface area contributed by atoms with Crippen LogP contribution in [0.3, 0.4) is 0 Å². The fourth-order valence-corrected chi connectivity index (χ4v) is 3.22. The van der Waals surface area contributed by atoms with Crippen molar-refractivity contribution in [1.82, 2.24) is 14.8 Å². The molecule has 6 nitrogen and oxygen atoms in total. The Morgan fingerprint density at radius 1 is 1.07 bits per heavy atom. The van der Waals surface area contributed by atoms with E-state index in [0.29, 0.717) is 17.9 Å². The van der Waals surface area contributed by atoms with Crippen LogP contribution >= 0.6 is 0 Å². The fourth-order valence-electron chi connectivity index (χ4n) is 3.22. The van der Waals surface area contributed by atoms with Crippen molar-refractivity contribution in [3.63, 3.8) is 0 Å². The summed E-state index contributed by atoms with van der Waals surface area (Å²) in [5.41, 5.74) is 9.34. The van der Waals surface area contributed by atoms with E-state index < -0.39 is 0 Å². The van der Waals surface area contributed by atoms with Gasteiger partial charge in [0.05, 0.1) is 25.4 Å². The number of nitrogens with zero attached hydrogens (tertiary/aromatic N) is 3. The second-order valence-electron chi connectivity index (χ2n) is 7.12. The van der Waals surface area contributed by atoms with Crippen molar-refractivity contribution in [1.29, 1.82) is 0 Å². The zero-order valence-electron chi connectivity index (χ0n) is 15.9. The number of hydrogen-bond donors (Lipinski definition) is 1. The summed E-state index contributed by atoms with van der Waals surface area (Å²) >= 11 is 0. The highest BCUT2D eigenvalue weighted by Crippen LogP contribution is 2.42. The van der Waals surface area contributed by atoms with Crippen LogP contribution in [0, 0.1) is 6.92 Å². The minimum atomic E-state index is -0.368. The second-order valence-corrected chi connectivity index (χ2v) is 7.12. The lowest BCUT2D eigenvalue weighted by atomic mass is 10.1. The van der Waals surface area contributed by atoms with Crippen molar-refractivity contribution in [2.75, 3.05) is 14.2 Å². The Hall–Kier alpha value is -2.86. The molecule has 6 heteroatoms. The lowest BCUT2D eigenvalue weighted by Crippen LogP contribution is -2.24. The predicted molar refractivity (Wildman–Crippen MR) is 104 cm³/mol. The molecule has 1 aromatic heterocycles. The summed E-state index contributed by atoms with van der Waals surface area (Å²) in [6.45, 7) is 2.07. The number of methoxy groups -OCH3 is 2. The first-order chi connectivity index (χ1) is 13.0. The Balaban J connectivity index is 1.70. The minimum Gasteiger partial charge on any atom is -0.493 e. The van der Waals surface area contributed by atoms with E-state index >= 15 is 0 Å². The first-order valence-corrected chi connectivity index (χ1v) is 9.06. The van der Waals surface area contributed by atoms with Gasteiger partial charge in [-0.25, -0.2) is 9.67 Å². The molecule has 0 atom stereocenters. The average Bonchev–Trinajstić information content (AvgIpc) is 3.27. The van der Waals surface area contributed by atoms with Gasteiger partial charge in [-0.1, -0.05) is 18.2 Å². The Labute approximate surface area is 158 Å². The maximum atomic E-state index is 6.47. The van der Waals surface area contributed by atoms with Crippen LogP contribution in [0.1, 0.15) is 35.6 Å². The van der Waals surface area contributed by atoms with E-state index in [9.17, 15) is 0 Å². The number of ether oxygens (including phenoxy) is 2. The molecule has 1 aliphatic carbocycles. The number of nitrogens with two attached hydrogens (primary N) is 1. The van der Waals surface area contributed by atoms with E-state index in [1.807, 2.05) is 35.0 Å². The van der Waals surface area contributed by atoms with Crippen molar-refractivity contribution in [3.05, 3.63) is 65.2 Å². The molecule has 1 aliphatic rings. The maximum Gasteiger partial charge on any atom is 0.161 e. The van der Waals surface area contributed by atoms with E-state index in [1.165, 1.54) is 5.56 Å². The molecule has 0 spiro atoms. The van der Waals surface area contributed by atoms with E-state index in [2.05, 4.69) is 19.1 Å². The van der Waals surface area contributed by atoms with Gasteiger partial charge in [-0.3, -0.25) is 0 Å². The zero-order chi connectivity index (χ0) is 19.0. The number of benzene rings is 2. The number of rotatable bonds is 6. The van der Waals surface area contributed by atoms with Gasteiger partial charge in [0.15, 0.2) is 23.1 Å². The molecule has 1 heterocycles. The smallest absolute Gasteiger partial charge is 0.161 e. The predicted octanol–water partition coefficient (Wildman–Crippen LogP) is 3.13. The molecule has 0 aliphatic heterocycles. The summed E-state index contributed by atoms with van der Waals surface area (Å²) in [4.78, 5) is 4.80. The monoisotopic (exact) mass is 364 g/mol. The fraction of sp³-hybridized carbons (Fsp3) is 0.333. The second kappa shape index (κ2) is 6.70. The number of aryl methyl sites for hydroxylation is 1. The third-order valence-electron chi connectivity index (χ3n) is 4.94. The summed E-state index contributed by atoms with van der Waals surface area (Å²) in [6.07, 6.45) is 2.48. The van der Waals surface area contributed by atoms with Crippen LogP contribution in [0.5, 0.6) is 11.5 Å². The van der Waals surface area contributed by atoms with Gasteiger partial charge in [-0.15, -0.1) is 0 Å². The number of hydrogen-bond acceptors (Lipinski definition) is 5. The Kier molecular flexibility index (Phi) is 4.36. The molecule has 1 fully saturated rings. The minimum absolute atomic E-state index is 0.368. The van der Waals surface area contributed by atoms with E-state index in [-0.39, 0.29) is 5.54 Å². The van der Waals surface area contributed by atoms with Crippen molar-refractivity contribution in [2.24, 2.45) is 5.73 Å². The van der Waals surface area contributed by atoms with Gasteiger partial charge in [0.25, 0.3) is 0 Å². The highest BCUT2D eigenvalue weighted by atomic mass is 16.5. The molecule has 27 heavy (non-hydrogen) atoms. The van der Waals surface area contributed by atoms with Gasteiger partial charge >= 0.3 is 0 Å². The Morgan fingerprint density at radius 2 is 1.85 bits per heavy atom. The van der Waals surface area contributed by atoms with E-state index in [4.69, 9.17) is 25.3 Å². The van der Waals surface area contributed by atoms with Crippen LogP contribution in [-0.2, 0) is 12.0 Å². The zero-order valence-corrected chi connectivity index (χ0v) is 15.9. The van der Waals surface area contributed by atoms with Crippen LogP contribution in [-0.4, -0.2) is 29.0 Å². The number of aromatic nitrogens is 3. The highest BCUT2D eigenvalue weighted by molar-refractivity contribution is 5.44. The van der Waals surface area contributed by atoms with Crippen molar-refractivity contribution in [3.8, 4) is 17.2 Å². The van der Waals surface area contributed by atoms with E-state index in [1.54, 1.807) is 14.2 Å². The van der Waals surface area contributed by atoms with E-state index in [0.717, 1.165) is 35.7 Å². The molecule has 3 aromatic rings. The van der Waals surface area contributed by atoms with Gasteiger partial charge < -0.3 is 15.2 Å². The molecule has 2 N–H and O–H groups in total.